The minimum atomic E-state index is 1.16. The lowest BCUT2D eigenvalue weighted by molar-refractivity contribution is 0.636. The normalized spacial score (nSPS) is 10.6. The van der Waals surface area contributed by atoms with Crippen LogP contribution in [-0.4, -0.2) is 13.1 Å². The zero-order valence-electron chi connectivity index (χ0n) is 11.8. The zero-order valence-corrected chi connectivity index (χ0v) is 13.4. The highest BCUT2D eigenvalue weighted by Gasteiger charge is 2.05. The average molecular weight is 312 g/mol. The van der Waals surface area contributed by atoms with E-state index in [-0.39, 0.29) is 0 Å². The molecule has 18 heavy (non-hydrogen) atoms. The lowest BCUT2D eigenvalue weighted by Gasteiger charge is -2.25. The number of halogens is 1. The van der Waals surface area contributed by atoms with Gasteiger partial charge in [0.15, 0.2) is 0 Å². The van der Waals surface area contributed by atoms with Gasteiger partial charge in [0, 0.05) is 23.2 Å². The first-order chi connectivity index (χ1) is 8.77. The summed E-state index contributed by atoms with van der Waals surface area (Å²) >= 11 is 3.50. The largest absolute Gasteiger partial charge is 0.372 e. The first kappa shape index (κ1) is 15.6. The maximum absolute atomic E-state index is 3.50. The first-order valence-electron chi connectivity index (χ1n) is 7.28. The molecule has 0 aliphatic rings. The molecule has 0 spiro atoms. The molecule has 1 rings (SSSR count). The van der Waals surface area contributed by atoms with Crippen molar-refractivity contribution in [3.63, 3.8) is 0 Å². The Bertz CT molecular complexity index is 297. The van der Waals surface area contributed by atoms with Crippen LogP contribution in [0.1, 0.15) is 52.4 Å². The molecule has 0 aliphatic heterocycles. The van der Waals surface area contributed by atoms with E-state index < -0.39 is 0 Å². The first-order valence-corrected chi connectivity index (χ1v) is 8.07. The number of nitrogens with zero attached hydrogens (tertiary/aromatic N) is 1. The van der Waals surface area contributed by atoms with E-state index in [9.17, 15) is 0 Å². The third-order valence-corrected chi connectivity index (χ3v) is 3.78. The third-order valence-electron chi connectivity index (χ3n) is 3.25. The average Bonchev–Trinajstić information content (AvgIpc) is 2.38. The SMILES string of the molecule is CCCCCN(CCCCC)c1ccc(Br)cc1. The van der Waals surface area contributed by atoms with Crippen LogP contribution in [0.15, 0.2) is 28.7 Å². The number of rotatable bonds is 9. The molecule has 0 aromatic heterocycles. The van der Waals surface area contributed by atoms with Crippen molar-refractivity contribution in [1.82, 2.24) is 0 Å². The Morgan fingerprint density at radius 1 is 0.833 bits per heavy atom. The van der Waals surface area contributed by atoms with Gasteiger partial charge >= 0.3 is 0 Å². The maximum atomic E-state index is 3.50. The fourth-order valence-electron chi connectivity index (χ4n) is 2.13. The summed E-state index contributed by atoms with van der Waals surface area (Å²) in [7, 11) is 0. The van der Waals surface area contributed by atoms with Crippen molar-refractivity contribution < 1.29 is 0 Å². The van der Waals surface area contributed by atoms with E-state index in [1.165, 1.54) is 57.3 Å². The van der Waals surface area contributed by atoms with Crippen molar-refractivity contribution in [2.45, 2.75) is 52.4 Å². The highest BCUT2D eigenvalue weighted by molar-refractivity contribution is 9.10. The molecule has 0 amide bonds. The van der Waals surface area contributed by atoms with Crippen LogP contribution in [0, 0.1) is 0 Å². The predicted molar refractivity (Wildman–Crippen MR) is 85.4 cm³/mol. The van der Waals surface area contributed by atoms with Gasteiger partial charge in [0.2, 0.25) is 0 Å². The van der Waals surface area contributed by atoms with Gasteiger partial charge in [-0.15, -0.1) is 0 Å². The van der Waals surface area contributed by atoms with Crippen molar-refractivity contribution in [2.24, 2.45) is 0 Å². The summed E-state index contributed by atoms with van der Waals surface area (Å²) in [5.41, 5.74) is 1.37. The Balaban J connectivity index is 2.54. The van der Waals surface area contributed by atoms with E-state index in [1.54, 1.807) is 0 Å². The summed E-state index contributed by atoms with van der Waals surface area (Å²) in [4.78, 5) is 2.54. The molecule has 0 atom stereocenters. The number of benzene rings is 1. The Hall–Kier alpha value is -0.500. The minimum absolute atomic E-state index is 1.16. The highest BCUT2D eigenvalue weighted by atomic mass is 79.9. The van der Waals surface area contributed by atoms with Crippen molar-refractivity contribution in [1.29, 1.82) is 0 Å². The monoisotopic (exact) mass is 311 g/mol. The molecule has 0 aliphatic carbocycles. The number of hydrogen-bond donors (Lipinski definition) is 0. The Morgan fingerprint density at radius 3 is 1.78 bits per heavy atom. The number of anilines is 1. The Labute approximate surface area is 121 Å². The topological polar surface area (TPSA) is 3.24 Å². The van der Waals surface area contributed by atoms with Gasteiger partial charge in [-0.1, -0.05) is 55.5 Å². The van der Waals surface area contributed by atoms with Crippen LogP contribution in [0.2, 0.25) is 0 Å². The predicted octanol–water partition coefficient (Wildman–Crippen LogP) is 5.64. The smallest absolute Gasteiger partial charge is 0.0366 e. The standard InChI is InChI=1S/C16H26BrN/c1-3-5-7-13-18(14-8-6-4-2)16-11-9-15(17)10-12-16/h9-12H,3-8,13-14H2,1-2H3. The van der Waals surface area contributed by atoms with Gasteiger partial charge < -0.3 is 4.90 Å². The molecule has 0 radical (unpaired) electrons. The van der Waals surface area contributed by atoms with E-state index in [0.717, 1.165) is 4.47 Å². The van der Waals surface area contributed by atoms with Crippen LogP contribution in [0.4, 0.5) is 5.69 Å². The molecular weight excluding hydrogens is 286 g/mol. The van der Waals surface area contributed by atoms with E-state index in [0.29, 0.717) is 0 Å². The fraction of sp³-hybridized carbons (Fsp3) is 0.625. The van der Waals surface area contributed by atoms with Gasteiger partial charge in [-0.25, -0.2) is 0 Å². The van der Waals surface area contributed by atoms with Crippen LogP contribution in [-0.2, 0) is 0 Å². The van der Waals surface area contributed by atoms with Crippen molar-refractivity contribution in [3.8, 4) is 0 Å². The van der Waals surface area contributed by atoms with Crippen molar-refractivity contribution in [3.05, 3.63) is 28.7 Å². The minimum Gasteiger partial charge on any atom is -0.372 e. The molecule has 1 aromatic carbocycles. The van der Waals surface area contributed by atoms with E-state index in [4.69, 9.17) is 0 Å². The summed E-state index contributed by atoms with van der Waals surface area (Å²) < 4.78 is 1.16. The molecular formula is C16H26BrN. The molecule has 0 fully saturated rings. The zero-order chi connectivity index (χ0) is 13.2. The van der Waals surface area contributed by atoms with Crippen LogP contribution in [0.3, 0.4) is 0 Å². The fourth-order valence-corrected chi connectivity index (χ4v) is 2.39. The Kier molecular flexibility index (Phi) is 8.15. The quantitative estimate of drug-likeness (QED) is 0.534. The summed E-state index contributed by atoms with van der Waals surface area (Å²) in [6, 6.07) is 8.73. The molecule has 2 heteroatoms. The molecule has 1 aromatic rings. The van der Waals surface area contributed by atoms with E-state index in [2.05, 4.69) is 58.9 Å². The summed E-state index contributed by atoms with van der Waals surface area (Å²) in [5.74, 6) is 0. The third kappa shape index (κ3) is 5.90. The lowest BCUT2D eigenvalue weighted by atomic mass is 10.2. The molecule has 0 heterocycles. The van der Waals surface area contributed by atoms with Gasteiger partial charge in [0.1, 0.15) is 0 Å². The Morgan fingerprint density at radius 2 is 1.33 bits per heavy atom. The summed E-state index contributed by atoms with van der Waals surface area (Å²) in [6.45, 7) is 6.92. The van der Waals surface area contributed by atoms with Gasteiger partial charge in [-0.05, 0) is 37.1 Å². The van der Waals surface area contributed by atoms with Gasteiger partial charge in [-0.3, -0.25) is 0 Å². The van der Waals surface area contributed by atoms with Crippen LogP contribution in [0.25, 0.3) is 0 Å². The maximum Gasteiger partial charge on any atom is 0.0366 e. The molecule has 0 unspecified atom stereocenters. The molecule has 0 bridgehead atoms. The van der Waals surface area contributed by atoms with Crippen LogP contribution < -0.4 is 4.90 Å². The van der Waals surface area contributed by atoms with Gasteiger partial charge in [0.05, 0.1) is 0 Å². The highest BCUT2D eigenvalue weighted by Crippen LogP contribution is 2.19. The summed E-state index contributed by atoms with van der Waals surface area (Å²) in [5, 5.41) is 0. The van der Waals surface area contributed by atoms with E-state index >= 15 is 0 Å². The second-order valence-electron chi connectivity index (χ2n) is 4.88. The molecule has 1 nitrogen and oxygen atoms in total. The van der Waals surface area contributed by atoms with Gasteiger partial charge in [-0.2, -0.15) is 0 Å². The number of hydrogen-bond acceptors (Lipinski definition) is 1. The summed E-state index contributed by atoms with van der Waals surface area (Å²) in [6.07, 6.45) is 7.87. The number of unbranched alkanes of at least 4 members (excludes halogenated alkanes) is 4. The molecule has 0 saturated heterocycles. The van der Waals surface area contributed by atoms with Gasteiger partial charge in [0.25, 0.3) is 0 Å². The van der Waals surface area contributed by atoms with Crippen LogP contribution >= 0.6 is 15.9 Å². The molecule has 0 saturated carbocycles. The van der Waals surface area contributed by atoms with Crippen LogP contribution in [0.5, 0.6) is 0 Å². The second-order valence-corrected chi connectivity index (χ2v) is 5.79. The van der Waals surface area contributed by atoms with Crippen molar-refractivity contribution in [2.75, 3.05) is 18.0 Å². The van der Waals surface area contributed by atoms with E-state index in [1.807, 2.05) is 0 Å². The molecule has 0 N–H and O–H groups in total. The second kappa shape index (κ2) is 9.43. The lowest BCUT2D eigenvalue weighted by Crippen LogP contribution is -2.25. The van der Waals surface area contributed by atoms with Crippen molar-refractivity contribution >= 4 is 21.6 Å². The molecule has 102 valence electrons.